The van der Waals surface area contributed by atoms with Gasteiger partial charge in [-0.1, -0.05) is 6.07 Å². The number of hydrogen-bond acceptors (Lipinski definition) is 4. The Balaban J connectivity index is 1.82. The molecule has 0 unspecified atom stereocenters. The molecule has 0 bridgehead atoms. The van der Waals surface area contributed by atoms with E-state index in [1.807, 2.05) is 4.90 Å². The molecule has 122 valence electrons. The molecule has 0 aliphatic carbocycles. The third kappa shape index (κ3) is 3.47. The van der Waals surface area contributed by atoms with E-state index >= 15 is 0 Å². The molecule has 1 saturated heterocycles. The van der Waals surface area contributed by atoms with Crippen LogP contribution in [0.5, 0.6) is 0 Å². The second-order valence-corrected chi connectivity index (χ2v) is 6.14. The van der Waals surface area contributed by atoms with Gasteiger partial charge < -0.3 is 10.0 Å². The predicted molar refractivity (Wildman–Crippen MR) is 83.1 cm³/mol. The number of anilines is 1. The minimum atomic E-state index is -0.591. The number of aliphatic hydroxyl groups is 1. The molecule has 1 aromatic carbocycles. The van der Waals surface area contributed by atoms with Crippen molar-refractivity contribution in [3.8, 4) is 0 Å². The van der Waals surface area contributed by atoms with Crippen molar-refractivity contribution in [1.82, 2.24) is 9.97 Å². The van der Waals surface area contributed by atoms with Crippen molar-refractivity contribution in [2.24, 2.45) is 5.41 Å². The molecule has 1 fully saturated rings. The highest BCUT2D eigenvalue weighted by Crippen LogP contribution is 2.35. The number of hydrogen-bond donors (Lipinski definition) is 1. The summed E-state index contributed by atoms with van der Waals surface area (Å²) in [4.78, 5) is 10.5. The van der Waals surface area contributed by atoms with Crippen LogP contribution in [0.4, 0.5) is 14.7 Å². The number of aromatic nitrogens is 2. The van der Waals surface area contributed by atoms with Gasteiger partial charge in [0.15, 0.2) is 0 Å². The van der Waals surface area contributed by atoms with Gasteiger partial charge in [0.05, 0.1) is 6.61 Å². The van der Waals surface area contributed by atoms with Gasteiger partial charge in [0.1, 0.15) is 11.6 Å². The van der Waals surface area contributed by atoms with E-state index in [-0.39, 0.29) is 6.61 Å². The van der Waals surface area contributed by atoms with Crippen molar-refractivity contribution >= 4 is 5.95 Å². The lowest BCUT2D eigenvalue weighted by Gasteiger charge is -2.42. The normalized spacial score (nSPS) is 21.4. The molecule has 1 aliphatic heterocycles. The molecule has 0 amide bonds. The molecule has 0 saturated carbocycles. The summed E-state index contributed by atoms with van der Waals surface area (Å²) in [6, 6.07) is 5.35. The summed E-state index contributed by atoms with van der Waals surface area (Å²) in [5.41, 5.74) is -0.0490. The fraction of sp³-hybridized carbons (Fsp3) is 0.412. The number of benzene rings is 1. The third-order valence-electron chi connectivity index (χ3n) is 4.41. The molecule has 23 heavy (non-hydrogen) atoms. The Morgan fingerprint density at radius 2 is 2.00 bits per heavy atom. The molecule has 0 radical (unpaired) electrons. The molecule has 2 aromatic rings. The van der Waals surface area contributed by atoms with Gasteiger partial charge >= 0.3 is 0 Å². The minimum Gasteiger partial charge on any atom is -0.396 e. The summed E-state index contributed by atoms with van der Waals surface area (Å²) in [6.45, 7) is 1.29. The Labute approximate surface area is 133 Å². The van der Waals surface area contributed by atoms with Crippen molar-refractivity contribution in [3.05, 3.63) is 53.9 Å². The zero-order valence-corrected chi connectivity index (χ0v) is 12.8. The molecule has 1 aliphatic rings. The first-order valence-electron chi connectivity index (χ1n) is 7.69. The molecule has 1 atom stereocenters. The molecule has 1 N–H and O–H groups in total. The van der Waals surface area contributed by atoms with Crippen molar-refractivity contribution in [2.75, 3.05) is 24.6 Å². The van der Waals surface area contributed by atoms with Gasteiger partial charge in [0.2, 0.25) is 5.95 Å². The predicted octanol–water partition coefficient (Wildman–Crippen LogP) is 2.58. The first-order chi connectivity index (χ1) is 11.1. The standard InChI is InChI=1S/C17H19F2N3O/c18-14-4-3-13(15(19)9-14)10-17(12-23)5-1-8-22(11-17)16-20-6-2-7-21-16/h2-4,6-7,9,23H,1,5,8,10-12H2/t17-/m0/s1. The Morgan fingerprint density at radius 3 is 2.70 bits per heavy atom. The van der Waals surface area contributed by atoms with Gasteiger partial charge in [-0.15, -0.1) is 0 Å². The highest BCUT2D eigenvalue weighted by Gasteiger charge is 2.36. The van der Waals surface area contributed by atoms with Crippen LogP contribution in [0, 0.1) is 17.0 Å². The Kier molecular flexibility index (Phi) is 4.52. The SMILES string of the molecule is OC[C@]1(Cc2ccc(F)cc2F)CCCN(c2ncccn2)C1. The van der Waals surface area contributed by atoms with Crippen LogP contribution in [-0.4, -0.2) is 34.8 Å². The maximum atomic E-state index is 14.0. The van der Waals surface area contributed by atoms with E-state index in [1.54, 1.807) is 18.5 Å². The highest BCUT2D eigenvalue weighted by molar-refractivity contribution is 5.31. The second-order valence-electron chi connectivity index (χ2n) is 6.14. The van der Waals surface area contributed by atoms with E-state index in [0.29, 0.717) is 24.5 Å². The maximum absolute atomic E-state index is 14.0. The minimum absolute atomic E-state index is 0.0624. The summed E-state index contributed by atoms with van der Waals surface area (Å²) in [6.07, 6.45) is 5.36. The van der Waals surface area contributed by atoms with Crippen molar-refractivity contribution in [2.45, 2.75) is 19.3 Å². The van der Waals surface area contributed by atoms with Crippen molar-refractivity contribution in [1.29, 1.82) is 0 Å². The van der Waals surface area contributed by atoms with Crippen LogP contribution < -0.4 is 4.90 Å². The van der Waals surface area contributed by atoms with Crippen LogP contribution in [-0.2, 0) is 6.42 Å². The topological polar surface area (TPSA) is 49.2 Å². The lowest BCUT2D eigenvalue weighted by Crippen LogP contribution is -2.47. The quantitative estimate of drug-likeness (QED) is 0.941. The largest absolute Gasteiger partial charge is 0.396 e. The van der Waals surface area contributed by atoms with Crippen LogP contribution >= 0.6 is 0 Å². The Bertz CT molecular complexity index is 668. The van der Waals surface area contributed by atoms with Gasteiger partial charge in [0, 0.05) is 37.0 Å². The van der Waals surface area contributed by atoms with E-state index in [2.05, 4.69) is 9.97 Å². The fourth-order valence-electron chi connectivity index (χ4n) is 3.23. The molecule has 2 heterocycles. The van der Waals surface area contributed by atoms with Crippen LogP contribution in [0.1, 0.15) is 18.4 Å². The lowest BCUT2D eigenvalue weighted by atomic mass is 9.75. The lowest BCUT2D eigenvalue weighted by molar-refractivity contribution is 0.104. The third-order valence-corrected chi connectivity index (χ3v) is 4.41. The monoisotopic (exact) mass is 319 g/mol. The van der Waals surface area contributed by atoms with Crippen LogP contribution in [0.3, 0.4) is 0 Å². The second kappa shape index (κ2) is 6.58. The molecule has 6 heteroatoms. The highest BCUT2D eigenvalue weighted by atomic mass is 19.1. The number of aliphatic hydroxyl groups excluding tert-OH is 1. The zero-order valence-electron chi connectivity index (χ0n) is 12.8. The van der Waals surface area contributed by atoms with Crippen LogP contribution in [0.2, 0.25) is 0 Å². The van der Waals surface area contributed by atoms with Gasteiger partial charge in [-0.3, -0.25) is 0 Å². The number of halogens is 2. The average molecular weight is 319 g/mol. The van der Waals surface area contributed by atoms with Gasteiger partial charge in [-0.05, 0) is 37.0 Å². The molecular formula is C17H19F2N3O. The molecule has 0 spiro atoms. The summed E-state index contributed by atoms with van der Waals surface area (Å²) < 4.78 is 27.0. The van der Waals surface area contributed by atoms with Crippen molar-refractivity contribution in [3.63, 3.8) is 0 Å². The molecule has 3 rings (SSSR count). The first kappa shape index (κ1) is 15.8. The van der Waals surface area contributed by atoms with Gasteiger partial charge in [0.25, 0.3) is 0 Å². The van der Waals surface area contributed by atoms with E-state index in [4.69, 9.17) is 0 Å². The van der Waals surface area contributed by atoms with Crippen LogP contribution in [0.25, 0.3) is 0 Å². The van der Waals surface area contributed by atoms with E-state index in [0.717, 1.165) is 25.5 Å². The fourth-order valence-corrected chi connectivity index (χ4v) is 3.23. The maximum Gasteiger partial charge on any atom is 0.225 e. The average Bonchev–Trinajstić information content (AvgIpc) is 2.58. The number of nitrogens with zero attached hydrogens (tertiary/aromatic N) is 3. The number of rotatable bonds is 4. The van der Waals surface area contributed by atoms with Gasteiger partial charge in [-0.2, -0.15) is 0 Å². The van der Waals surface area contributed by atoms with Crippen molar-refractivity contribution < 1.29 is 13.9 Å². The summed E-state index contributed by atoms with van der Waals surface area (Å²) >= 11 is 0. The summed E-state index contributed by atoms with van der Waals surface area (Å²) in [5, 5.41) is 9.95. The number of piperidine rings is 1. The first-order valence-corrected chi connectivity index (χ1v) is 7.69. The van der Waals surface area contributed by atoms with Crippen LogP contribution in [0.15, 0.2) is 36.7 Å². The summed E-state index contributed by atoms with van der Waals surface area (Å²) in [7, 11) is 0. The zero-order chi connectivity index (χ0) is 16.3. The van der Waals surface area contributed by atoms with E-state index < -0.39 is 17.0 Å². The van der Waals surface area contributed by atoms with Gasteiger partial charge in [-0.25, -0.2) is 18.7 Å². The Hall–Kier alpha value is -2.08. The van der Waals surface area contributed by atoms with E-state index in [9.17, 15) is 13.9 Å². The Morgan fingerprint density at radius 1 is 1.22 bits per heavy atom. The molecular weight excluding hydrogens is 300 g/mol. The molecule has 4 nitrogen and oxygen atoms in total. The van der Waals surface area contributed by atoms with E-state index in [1.165, 1.54) is 12.1 Å². The summed E-state index contributed by atoms with van der Waals surface area (Å²) in [5.74, 6) is -0.539. The smallest absolute Gasteiger partial charge is 0.225 e. The molecule has 1 aromatic heterocycles.